The molecule has 0 unspecified atom stereocenters. The Morgan fingerprint density at radius 3 is 2.75 bits per heavy atom. The van der Waals surface area contributed by atoms with Crippen LogP contribution in [-0.4, -0.2) is 19.3 Å². The maximum absolute atomic E-state index is 11.4. The zero-order chi connectivity index (χ0) is 12.1. The normalized spacial score (nSPS) is 9.06. The highest BCUT2D eigenvalue weighted by molar-refractivity contribution is 6.04. The first-order chi connectivity index (χ1) is 7.69. The van der Waals surface area contributed by atoms with Crippen LogP contribution >= 0.6 is 0 Å². The largest absolute Gasteiger partial charge is 0.495 e. The Hall–Kier alpha value is -2.39. The molecule has 0 aliphatic rings. The third kappa shape index (κ3) is 1.85. The van der Waals surface area contributed by atoms with E-state index in [1.807, 2.05) is 5.43 Å². The van der Waals surface area contributed by atoms with Crippen LogP contribution in [0.4, 0.5) is 0 Å². The van der Waals surface area contributed by atoms with Crippen LogP contribution < -0.4 is 16.0 Å². The average molecular weight is 219 g/mol. The molecule has 16 heavy (non-hydrogen) atoms. The van der Waals surface area contributed by atoms with Gasteiger partial charge in [-0.25, -0.2) is 5.84 Å². The number of carbonyl (C=O) groups excluding carboxylic acids is 2. The molecule has 0 bridgehead atoms. The fraction of sp³-hybridized carbons (Fsp3) is 0.100. The van der Waals surface area contributed by atoms with Gasteiger partial charge in [0.15, 0.2) is 6.29 Å². The number of nitrogen functional groups attached to an aromatic ring is 1. The quantitative estimate of drug-likeness (QED) is 0.322. The van der Waals surface area contributed by atoms with Gasteiger partial charge in [0.25, 0.3) is 5.91 Å². The first kappa shape index (κ1) is 11.7. The minimum atomic E-state index is -0.711. The Labute approximate surface area is 91.6 Å². The standard InChI is InChI=1S/C10H9N3O3/c1-16-8-3-2-6(5-14)9(7(8)4-11)10(15)13-12/h2-3,5H,12H2,1H3,(H,13,15). The summed E-state index contributed by atoms with van der Waals surface area (Å²) in [5.74, 6) is 4.48. The summed E-state index contributed by atoms with van der Waals surface area (Å²) in [6, 6.07) is 4.63. The number of rotatable bonds is 3. The molecule has 0 atom stereocenters. The molecule has 0 aliphatic heterocycles. The predicted octanol–water partition coefficient (Wildman–Crippen LogP) is -0.0171. The van der Waals surface area contributed by atoms with Crippen molar-refractivity contribution in [2.45, 2.75) is 0 Å². The van der Waals surface area contributed by atoms with E-state index in [2.05, 4.69) is 0 Å². The van der Waals surface area contributed by atoms with Crippen molar-refractivity contribution in [2.75, 3.05) is 7.11 Å². The van der Waals surface area contributed by atoms with E-state index in [0.717, 1.165) is 0 Å². The van der Waals surface area contributed by atoms with Crippen LogP contribution in [0.2, 0.25) is 0 Å². The van der Waals surface area contributed by atoms with Crippen LogP contribution in [0.3, 0.4) is 0 Å². The van der Waals surface area contributed by atoms with Crippen molar-refractivity contribution in [2.24, 2.45) is 5.84 Å². The number of hydrogen-bond acceptors (Lipinski definition) is 5. The number of hydrogen-bond donors (Lipinski definition) is 2. The highest BCUT2D eigenvalue weighted by Gasteiger charge is 2.19. The van der Waals surface area contributed by atoms with E-state index < -0.39 is 5.91 Å². The lowest BCUT2D eigenvalue weighted by molar-refractivity contribution is 0.0947. The highest BCUT2D eigenvalue weighted by Crippen LogP contribution is 2.23. The predicted molar refractivity (Wildman–Crippen MR) is 54.8 cm³/mol. The molecule has 0 aromatic heterocycles. The molecule has 0 fully saturated rings. The summed E-state index contributed by atoms with van der Waals surface area (Å²) in [5.41, 5.74) is 1.86. The van der Waals surface area contributed by atoms with Gasteiger partial charge in [-0.05, 0) is 12.1 Å². The fourth-order valence-electron chi connectivity index (χ4n) is 1.30. The lowest BCUT2D eigenvalue weighted by atomic mass is 10.0. The molecule has 6 nitrogen and oxygen atoms in total. The molecule has 6 heteroatoms. The number of benzene rings is 1. The van der Waals surface area contributed by atoms with Crippen molar-refractivity contribution in [3.05, 3.63) is 28.8 Å². The zero-order valence-electron chi connectivity index (χ0n) is 8.48. The minimum absolute atomic E-state index is 0.0185. The highest BCUT2D eigenvalue weighted by atomic mass is 16.5. The molecule has 82 valence electrons. The Bertz CT molecular complexity index is 477. The van der Waals surface area contributed by atoms with Crippen LogP contribution in [0.15, 0.2) is 12.1 Å². The first-order valence-corrected chi connectivity index (χ1v) is 4.26. The molecule has 1 aromatic carbocycles. The monoisotopic (exact) mass is 219 g/mol. The second kappa shape index (κ2) is 4.91. The molecule has 0 heterocycles. The number of nitrogens with two attached hydrogens (primary N) is 1. The Balaban J connectivity index is 3.56. The molecule has 0 aliphatic carbocycles. The van der Waals surface area contributed by atoms with Crippen molar-refractivity contribution in [3.8, 4) is 11.8 Å². The molecule has 1 amide bonds. The number of ether oxygens (including phenoxy) is 1. The minimum Gasteiger partial charge on any atom is -0.495 e. The molecule has 3 N–H and O–H groups in total. The Kier molecular flexibility index (Phi) is 3.58. The zero-order valence-corrected chi connectivity index (χ0v) is 8.48. The summed E-state index contributed by atoms with van der Waals surface area (Å²) in [6.45, 7) is 0. The molecule has 0 radical (unpaired) electrons. The van der Waals surface area contributed by atoms with Crippen molar-refractivity contribution in [1.82, 2.24) is 5.43 Å². The molecular weight excluding hydrogens is 210 g/mol. The lowest BCUT2D eigenvalue weighted by Gasteiger charge is -2.09. The van der Waals surface area contributed by atoms with Crippen LogP contribution in [0, 0.1) is 11.3 Å². The number of amides is 1. The maximum Gasteiger partial charge on any atom is 0.267 e. The van der Waals surface area contributed by atoms with Gasteiger partial charge in [-0.2, -0.15) is 5.26 Å². The SMILES string of the molecule is COc1ccc(C=O)c(C(=O)NN)c1C#N. The van der Waals surface area contributed by atoms with E-state index in [0.29, 0.717) is 6.29 Å². The van der Waals surface area contributed by atoms with Gasteiger partial charge >= 0.3 is 0 Å². The van der Waals surface area contributed by atoms with Crippen molar-refractivity contribution < 1.29 is 14.3 Å². The summed E-state index contributed by atoms with van der Waals surface area (Å²) in [7, 11) is 1.36. The van der Waals surface area contributed by atoms with Crippen LogP contribution in [0.1, 0.15) is 26.3 Å². The van der Waals surface area contributed by atoms with Crippen molar-refractivity contribution in [1.29, 1.82) is 5.26 Å². The molecule has 0 saturated heterocycles. The Morgan fingerprint density at radius 1 is 1.62 bits per heavy atom. The van der Waals surface area contributed by atoms with Crippen LogP contribution in [0.25, 0.3) is 0 Å². The van der Waals surface area contributed by atoms with Gasteiger partial charge in [0, 0.05) is 5.56 Å². The second-order valence-corrected chi connectivity index (χ2v) is 2.81. The number of nitriles is 1. The second-order valence-electron chi connectivity index (χ2n) is 2.81. The number of methoxy groups -OCH3 is 1. The average Bonchev–Trinajstić information content (AvgIpc) is 2.35. The number of hydrazine groups is 1. The number of carbonyl (C=O) groups is 2. The van der Waals surface area contributed by atoms with Crippen molar-refractivity contribution >= 4 is 12.2 Å². The third-order valence-electron chi connectivity index (χ3n) is 2.02. The molecule has 0 saturated carbocycles. The van der Waals surface area contributed by atoms with Gasteiger partial charge < -0.3 is 4.74 Å². The van der Waals surface area contributed by atoms with Gasteiger partial charge in [0.1, 0.15) is 17.4 Å². The topological polar surface area (TPSA) is 105 Å². The maximum atomic E-state index is 11.4. The third-order valence-corrected chi connectivity index (χ3v) is 2.02. The number of nitrogens with zero attached hydrogens (tertiary/aromatic N) is 1. The first-order valence-electron chi connectivity index (χ1n) is 4.26. The van der Waals surface area contributed by atoms with Gasteiger partial charge in [-0.1, -0.05) is 0 Å². The van der Waals surface area contributed by atoms with Crippen LogP contribution in [-0.2, 0) is 0 Å². The summed E-state index contributed by atoms with van der Waals surface area (Å²) in [6.07, 6.45) is 0.477. The number of aldehydes is 1. The molecule has 1 rings (SSSR count). The smallest absolute Gasteiger partial charge is 0.267 e. The fourth-order valence-corrected chi connectivity index (χ4v) is 1.30. The van der Waals surface area contributed by atoms with E-state index in [-0.39, 0.29) is 22.4 Å². The van der Waals surface area contributed by atoms with E-state index >= 15 is 0 Å². The van der Waals surface area contributed by atoms with Gasteiger partial charge in [-0.3, -0.25) is 15.0 Å². The summed E-state index contributed by atoms with van der Waals surface area (Å²) < 4.78 is 4.91. The molecular formula is C10H9N3O3. The van der Waals surface area contributed by atoms with E-state index in [1.165, 1.54) is 19.2 Å². The van der Waals surface area contributed by atoms with E-state index in [4.69, 9.17) is 15.8 Å². The van der Waals surface area contributed by atoms with E-state index in [9.17, 15) is 9.59 Å². The van der Waals surface area contributed by atoms with Crippen LogP contribution in [0.5, 0.6) is 5.75 Å². The van der Waals surface area contributed by atoms with Gasteiger partial charge in [0.05, 0.1) is 12.7 Å². The summed E-state index contributed by atoms with van der Waals surface area (Å²) in [5, 5.41) is 8.93. The Morgan fingerprint density at radius 2 is 2.31 bits per heavy atom. The van der Waals surface area contributed by atoms with Gasteiger partial charge in [0.2, 0.25) is 0 Å². The van der Waals surface area contributed by atoms with Gasteiger partial charge in [-0.15, -0.1) is 0 Å². The summed E-state index contributed by atoms with van der Waals surface area (Å²) in [4.78, 5) is 22.2. The number of nitrogens with one attached hydrogen (secondary N) is 1. The van der Waals surface area contributed by atoms with E-state index in [1.54, 1.807) is 6.07 Å². The molecule has 1 aromatic rings. The lowest BCUT2D eigenvalue weighted by Crippen LogP contribution is -2.31. The van der Waals surface area contributed by atoms with Crippen molar-refractivity contribution in [3.63, 3.8) is 0 Å². The molecule has 0 spiro atoms. The summed E-state index contributed by atoms with van der Waals surface area (Å²) >= 11 is 0.